The van der Waals surface area contributed by atoms with E-state index in [9.17, 15) is 4.79 Å². The van der Waals surface area contributed by atoms with Crippen LogP contribution in [0.3, 0.4) is 0 Å². The molecule has 1 unspecified atom stereocenters. The second kappa shape index (κ2) is 6.04. The molecule has 5 aliphatic rings. The van der Waals surface area contributed by atoms with Crippen molar-refractivity contribution in [1.82, 2.24) is 0 Å². The number of rotatable bonds is 2. The molecule has 5 nitrogen and oxygen atoms in total. The maximum absolute atomic E-state index is 13.4. The summed E-state index contributed by atoms with van der Waals surface area (Å²) >= 11 is 1.24. The van der Waals surface area contributed by atoms with Gasteiger partial charge in [0.1, 0.15) is 5.60 Å². The Morgan fingerprint density at radius 3 is 2.63 bits per heavy atom. The molecule has 27 heavy (non-hydrogen) atoms. The van der Waals surface area contributed by atoms with Gasteiger partial charge in [-0.3, -0.25) is 4.79 Å². The van der Waals surface area contributed by atoms with Gasteiger partial charge < -0.3 is 9.47 Å². The third kappa shape index (κ3) is 2.50. The Bertz CT molecular complexity index is 756. The molecule has 1 aromatic carbocycles. The zero-order valence-corrected chi connectivity index (χ0v) is 16.8. The molecular weight excluding hydrogens is 364 g/mol. The Labute approximate surface area is 164 Å². The molecule has 7 atom stereocenters. The molecule has 6 rings (SSSR count). The van der Waals surface area contributed by atoms with Crippen molar-refractivity contribution in [1.29, 1.82) is 0 Å². The predicted molar refractivity (Wildman–Crippen MR) is 99.6 cm³/mol. The highest BCUT2D eigenvalue weighted by molar-refractivity contribution is 8.13. The first kappa shape index (κ1) is 18.1. The van der Waals surface area contributed by atoms with Gasteiger partial charge in [-0.1, -0.05) is 25.1 Å². The van der Waals surface area contributed by atoms with Gasteiger partial charge in [0.05, 0.1) is 0 Å². The number of carbonyl (C=O) groups is 1. The van der Waals surface area contributed by atoms with E-state index in [-0.39, 0.29) is 17.0 Å². The van der Waals surface area contributed by atoms with Crippen LogP contribution in [0.4, 0.5) is 0 Å². The second-order valence-electron chi connectivity index (χ2n) is 8.78. The number of benzene rings is 1. The first-order valence-corrected chi connectivity index (χ1v) is 10.7. The first-order chi connectivity index (χ1) is 12.9. The summed E-state index contributed by atoms with van der Waals surface area (Å²) in [5.41, 5.74) is -1.66. The molecule has 1 aromatic rings. The van der Waals surface area contributed by atoms with Crippen molar-refractivity contribution in [2.75, 3.05) is 0 Å². The minimum Gasteiger partial charge on any atom is -0.334 e. The predicted octanol–water partition coefficient (Wildman–Crippen LogP) is 4.31. The van der Waals surface area contributed by atoms with Crippen molar-refractivity contribution >= 4 is 16.9 Å². The number of hydrogen-bond acceptors (Lipinski definition) is 6. The number of carbonyl (C=O) groups excluding carboxylic acids is 1. The molecule has 4 heterocycles. The smallest absolute Gasteiger partial charge is 0.225 e. The summed E-state index contributed by atoms with van der Waals surface area (Å²) in [5.74, 6) is -0.137. The number of thioether (sulfide) groups is 1. The Balaban J connectivity index is 1.53. The van der Waals surface area contributed by atoms with Crippen LogP contribution < -0.4 is 0 Å². The molecule has 0 amide bonds. The minimum atomic E-state index is -0.963. The summed E-state index contributed by atoms with van der Waals surface area (Å²) in [7, 11) is 0. The third-order valence-electron chi connectivity index (χ3n) is 7.09. The molecule has 0 aromatic heterocycles. The van der Waals surface area contributed by atoms with E-state index in [0.29, 0.717) is 5.92 Å². The van der Waals surface area contributed by atoms with Crippen molar-refractivity contribution in [3.8, 4) is 0 Å². The van der Waals surface area contributed by atoms with Gasteiger partial charge in [0.2, 0.25) is 10.9 Å². The summed E-state index contributed by atoms with van der Waals surface area (Å²) < 4.78 is 12.7. The maximum atomic E-state index is 13.4. The average Bonchev–Trinajstić information content (AvgIpc) is 2.74. The van der Waals surface area contributed by atoms with E-state index in [4.69, 9.17) is 19.2 Å². The van der Waals surface area contributed by atoms with Crippen LogP contribution in [-0.2, 0) is 24.0 Å². The highest BCUT2D eigenvalue weighted by Gasteiger charge is 2.75. The van der Waals surface area contributed by atoms with Crippen molar-refractivity contribution in [3.63, 3.8) is 0 Å². The van der Waals surface area contributed by atoms with E-state index < -0.39 is 23.3 Å². The van der Waals surface area contributed by atoms with E-state index in [1.807, 2.05) is 44.2 Å². The zero-order chi connectivity index (χ0) is 18.9. The van der Waals surface area contributed by atoms with Crippen molar-refractivity contribution in [2.45, 2.75) is 74.6 Å². The fourth-order valence-corrected chi connectivity index (χ4v) is 6.50. The Morgan fingerprint density at radius 1 is 1.07 bits per heavy atom. The Hall–Kier alpha value is -0.920. The van der Waals surface area contributed by atoms with Crippen molar-refractivity contribution in [2.24, 2.45) is 17.8 Å². The van der Waals surface area contributed by atoms with Crippen molar-refractivity contribution in [3.05, 3.63) is 30.3 Å². The van der Waals surface area contributed by atoms with E-state index >= 15 is 0 Å². The molecule has 1 saturated carbocycles. The lowest BCUT2D eigenvalue weighted by Crippen LogP contribution is -2.62. The summed E-state index contributed by atoms with van der Waals surface area (Å²) in [6, 6.07) is 9.73. The minimum absolute atomic E-state index is 0.00949. The summed E-state index contributed by atoms with van der Waals surface area (Å²) in [4.78, 5) is 26.2. The van der Waals surface area contributed by atoms with Crippen LogP contribution in [0.5, 0.6) is 0 Å². The molecule has 0 N–H and O–H groups in total. The highest BCUT2D eigenvalue weighted by Crippen LogP contribution is 2.64. The number of hydrogen-bond donors (Lipinski definition) is 0. The standard InChI is InChI=1S/C21H26O5S/c1-13-9-10-16-20(3,17(22)27-14-7-5-4-6-8-14)24-18-21(16)15(13)11-12-19(2,23-18)25-26-21/h4-8,13,15-16,18H,9-12H2,1-3H3/t13-,15+,16?,18+,19-,20+,21-/m1/s1. The van der Waals surface area contributed by atoms with E-state index in [2.05, 4.69) is 6.92 Å². The van der Waals surface area contributed by atoms with Crippen LogP contribution in [0.15, 0.2) is 35.2 Å². The lowest BCUT2D eigenvalue weighted by molar-refractivity contribution is -0.541. The first-order valence-electron chi connectivity index (χ1n) is 9.87. The molecule has 146 valence electrons. The lowest BCUT2D eigenvalue weighted by Gasteiger charge is -2.50. The summed E-state index contributed by atoms with van der Waals surface area (Å²) in [5, 5.41) is 0.00949. The molecule has 4 aliphatic heterocycles. The van der Waals surface area contributed by atoms with E-state index in [0.717, 1.165) is 30.6 Å². The average molecular weight is 391 g/mol. The van der Waals surface area contributed by atoms with Crippen LogP contribution in [0.1, 0.15) is 46.5 Å². The van der Waals surface area contributed by atoms with Gasteiger partial charge in [-0.05, 0) is 68.8 Å². The topological polar surface area (TPSA) is 54.0 Å². The molecule has 5 fully saturated rings. The monoisotopic (exact) mass is 390 g/mol. The third-order valence-corrected chi connectivity index (χ3v) is 8.19. The quantitative estimate of drug-likeness (QED) is 0.554. The van der Waals surface area contributed by atoms with E-state index in [1.165, 1.54) is 11.8 Å². The van der Waals surface area contributed by atoms with Crippen LogP contribution in [0, 0.1) is 17.8 Å². The SMILES string of the molecule is C[C@@H]1CCC2[C@]34OO[C@](C)(CC[C@@H]13)O[C@H]4O[C@]2(C)C(=O)Sc1ccccc1. The highest BCUT2D eigenvalue weighted by atomic mass is 32.2. The molecule has 0 radical (unpaired) electrons. The normalized spacial score (nSPS) is 48.1. The number of ether oxygens (including phenoxy) is 2. The maximum Gasteiger partial charge on any atom is 0.225 e. The Kier molecular flexibility index (Phi) is 4.05. The molecule has 2 bridgehead atoms. The van der Waals surface area contributed by atoms with Crippen LogP contribution in [-0.4, -0.2) is 28.4 Å². The number of fused-ring (bicyclic) bond motifs is 2. The second-order valence-corrected chi connectivity index (χ2v) is 9.83. The van der Waals surface area contributed by atoms with Gasteiger partial charge in [0.15, 0.2) is 11.9 Å². The zero-order valence-electron chi connectivity index (χ0n) is 16.0. The molecule has 1 spiro atoms. The van der Waals surface area contributed by atoms with Gasteiger partial charge >= 0.3 is 0 Å². The van der Waals surface area contributed by atoms with Crippen LogP contribution in [0.25, 0.3) is 0 Å². The molecule has 1 aliphatic carbocycles. The molecule has 6 heteroatoms. The van der Waals surface area contributed by atoms with Crippen LogP contribution >= 0.6 is 11.8 Å². The van der Waals surface area contributed by atoms with Crippen molar-refractivity contribution < 1.29 is 24.0 Å². The van der Waals surface area contributed by atoms with Gasteiger partial charge in [-0.2, -0.15) is 0 Å². The lowest BCUT2D eigenvalue weighted by atomic mass is 9.60. The van der Waals surface area contributed by atoms with E-state index in [1.54, 1.807) is 0 Å². The van der Waals surface area contributed by atoms with Gasteiger partial charge in [-0.25, -0.2) is 9.78 Å². The van der Waals surface area contributed by atoms with Crippen LogP contribution in [0.2, 0.25) is 0 Å². The van der Waals surface area contributed by atoms with Gasteiger partial charge in [0, 0.05) is 17.2 Å². The Morgan fingerprint density at radius 2 is 1.85 bits per heavy atom. The summed E-state index contributed by atoms with van der Waals surface area (Å²) in [6.07, 6.45) is 3.10. The fourth-order valence-electron chi connectivity index (χ4n) is 5.60. The molecule has 4 saturated heterocycles. The fraction of sp³-hybridized carbons (Fsp3) is 0.667. The largest absolute Gasteiger partial charge is 0.334 e. The molecular formula is C21H26O5S. The van der Waals surface area contributed by atoms with Gasteiger partial charge in [-0.15, -0.1) is 0 Å². The summed E-state index contributed by atoms with van der Waals surface area (Å²) in [6.45, 7) is 6.08. The van der Waals surface area contributed by atoms with Gasteiger partial charge in [0.25, 0.3) is 0 Å².